The highest BCUT2D eigenvalue weighted by Gasteiger charge is 2.21. The number of carbonyl (C=O) groups excluding carboxylic acids is 2. The fourth-order valence-electron chi connectivity index (χ4n) is 3.44. The fourth-order valence-corrected chi connectivity index (χ4v) is 3.44. The minimum atomic E-state index is -0.669. The summed E-state index contributed by atoms with van der Waals surface area (Å²) in [5, 5.41) is 7.52. The van der Waals surface area contributed by atoms with Gasteiger partial charge in [-0.15, -0.1) is 0 Å². The maximum atomic E-state index is 14.4. The van der Waals surface area contributed by atoms with E-state index in [4.69, 9.17) is 0 Å². The summed E-state index contributed by atoms with van der Waals surface area (Å²) >= 11 is 0. The zero-order valence-corrected chi connectivity index (χ0v) is 17.1. The van der Waals surface area contributed by atoms with Crippen molar-refractivity contribution in [1.82, 2.24) is 14.8 Å². The van der Waals surface area contributed by atoms with Gasteiger partial charge in [-0.3, -0.25) is 9.48 Å². The molecule has 0 aliphatic heterocycles. The van der Waals surface area contributed by atoms with Crippen LogP contribution in [-0.2, 0) is 11.8 Å². The quantitative estimate of drug-likeness (QED) is 0.504. The number of esters is 1. The van der Waals surface area contributed by atoms with Crippen LogP contribution in [0.5, 0.6) is 0 Å². The Bertz CT molecular complexity index is 1320. The van der Waals surface area contributed by atoms with E-state index in [2.05, 4.69) is 20.1 Å². The number of hydrogen-bond donors (Lipinski definition) is 1. The van der Waals surface area contributed by atoms with Crippen LogP contribution in [-0.4, -0.2) is 33.8 Å². The van der Waals surface area contributed by atoms with Crippen LogP contribution < -0.4 is 5.32 Å². The number of carbonyl (C=O) groups is 2. The van der Waals surface area contributed by atoms with Gasteiger partial charge in [-0.25, -0.2) is 14.2 Å². The van der Waals surface area contributed by atoms with Crippen LogP contribution in [0.25, 0.3) is 22.3 Å². The zero-order chi connectivity index (χ0) is 22.1. The molecule has 0 atom stereocenters. The number of amides is 1. The second kappa shape index (κ2) is 7.98. The van der Waals surface area contributed by atoms with Gasteiger partial charge in [0.05, 0.1) is 40.7 Å². The Morgan fingerprint density at radius 2 is 1.84 bits per heavy atom. The smallest absolute Gasteiger partial charge is 0.337 e. The second-order valence-electron chi connectivity index (χ2n) is 6.97. The Kier molecular flexibility index (Phi) is 5.21. The molecule has 8 heteroatoms. The zero-order valence-electron chi connectivity index (χ0n) is 17.1. The van der Waals surface area contributed by atoms with Crippen LogP contribution in [0, 0.1) is 12.7 Å². The molecule has 2 heterocycles. The molecule has 7 nitrogen and oxygen atoms in total. The number of rotatable bonds is 4. The van der Waals surface area contributed by atoms with E-state index in [1.165, 1.54) is 19.2 Å². The number of pyridine rings is 1. The van der Waals surface area contributed by atoms with Crippen molar-refractivity contribution in [3.8, 4) is 11.3 Å². The molecule has 0 aliphatic rings. The Balaban J connectivity index is 1.82. The third-order valence-electron chi connectivity index (χ3n) is 4.92. The monoisotopic (exact) mass is 418 g/mol. The molecular formula is C23H19FN4O3. The van der Waals surface area contributed by atoms with Gasteiger partial charge in [-0.05, 0) is 31.2 Å². The number of nitrogens with zero attached hydrogens (tertiary/aromatic N) is 3. The third kappa shape index (κ3) is 3.75. The normalized spacial score (nSPS) is 10.8. The molecule has 156 valence electrons. The minimum absolute atomic E-state index is 0.124. The van der Waals surface area contributed by atoms with Crippen molar-refractivity contribution in [2.45, 2.75) is 6.92 Å². The van der Waals surface area contributed by atoms with Gasteiger partial charge in [0, 0.05) is 12.6 Å². The second-order valence-corrected chi connectivity index (χ2v) is 6.97. The molecule has 0 spiro atoms. The molecule has 0 saturated heterocycles. The van der Waals surface area contributed by atoms with Crippen LogP contribution in [0.3, 0.4) is 0 Å². The lowest BCUT2D eigenvalue weighted by molar-refractivity contribution is 0.0600. The van der Waals surface area contributed by atoms with E-state index < -0.39 is 17.7 Å². The van der Waals surface area contributed by atoms with Crippen molar-refractivity contribution in [3.05, 3.63) is 77.2 Å². The molecule has 4 rings (SSSR count). The summed E-state index contributed by atoms with van der Waals surface area (Å²) in [5.41, 5.74) is 2.88. The van der Waals surface area contributed by atoms with E-state index in [0.29, 0.717) is 28.0 Å². The number of anilines is 1. The van der Waals surface area contributed by atoms with Crippen LogP contribution in [0.4, 0.5) is 10.1 Å². The standard InChI is InChI=1S/C23H19FN4O3/c1-13-20-16(22(29)26-19-11-15(23(30)31-3)9-10-17(19)24)12-18(14-7-5-4-6-8-14)25-21(20)28(2)27-13/h4-12H,1-3H3,(H,26,29). The maximum Gasteiger partial charge on any atom is 0.337 e. The van der Waals surface area contributed by atoms with Gasteiger partial charge < -0.3 is 10.1 Å². The predicted molar refractivity (Wildman–Crippen MR) is 114 cm³/mol. The van der Waals surface area contributed by atoms with Gasteiger partial charge in [0.25, 0.3) is 5.91 Å². The van der Waals surface area contributed by atoms with Crippen LogP contribution >= 0.6 is 0 Å². The molecule has 1 amide bonds. The Labute approximate surface area is 177 Å². The average molecular weight is 418 g/mol. The SMILES string of the molecule is COC(=O)c1ccc(F)c(NC(=O)c2cc(-c3ccccc3)nc3c2c(C)nn3C)c1. The lowest BCUT2D eigenvalue weighted by Crippen LogP contribution is -2.15. The Morgan fingerprint density at radius 3 is 2.55 bits per heavy atom. The van der Waals surface area contributed by atoms with E-state index in [9.17, 15) is 14.0 Å². The third-order valence-corrected chi connectivity index (χ3v) is 4.92. The lowest BCUT2D eigenvalue weighted by atomic mass is 10.0. The van der Waals surface area contributed by atoms with Gasteiger partial charge in [0.15, 0.2) is 5.65 Å². The minimum Gasteiger partial charge on any atom is -0.465 e. The highest BCUT2D eigenvalue weighted by Crippen LogP contribution is 2.28. The number of aromatic nitrogens is 3. The van der Waals surface area contributed by atoms with Crippen LogP contribution in [0.15, 0.2) is 54.6 Å². The Hall–Kier alpha value is -4.07. The van der Waals surface area contributed by atoms with Crippen molar-refractivity contribution in [2.24, 2.45) is 7.05 Å². The topological polar surface area (TPSA) is 86.1 Å². The van der Waals surface area contributed by atoms with E-state index >= 15 is 0 Å². The number of benzene rings is 2. The summed E-state index contributed by atoms with van der Waals surface area (Å²) in [6.45, 7) is 1.78. The first-order valence-electron chi connectivity index (χ1n) is 9.48. The lowest BCUT2D eigenvalue weighted by Gasteiger charge is -2.11. The number of ether oxygens (including phenoxy) is 1. The summed E-state index contributed by atoms with van der Waals surface area (Å²) < 4.78 is 20.6. The Morgan fingerprint density at radius 1 is 1.10 bits per heavy atom. The highest BCUT2D eigenvalue weighted by atomic mass is 19.1. The molecule has 0 fully saturated rings. The van der Waals surface area contributed by atoms with Crippen molar-refractivity contribution in [3.63, 3.8) is 0 Å². The molecule has 0 radical (unpaired) electrons. The summed E-state index contributed by atoms with van der Waals surface area (Å²) in [6.07, 6.45) is 0. The number of nitrogens with one attached hydrogen (secondary N) is 1. The number of aryl methyl sites for hydroxylation is 2. The first kappa shape index (κ1) is 20.2. The number of halogens is 1. The number of fused-ring (bicyclic) bond motifs is 1. The number of hydrogen-bond acceptors (Lipinski definition) is 5. The van der Waals surface area contributed by atoms with Gasteiger partial charge in [0.1, 0.15) is 5.82 Å². The molecule has 0 bridgehead atoms. The first-order valence-corrected chi connectivity index (χ1v) is 9.48. The van der Waals surface area contributed by atoms with Crippen LogP contribution in [0.1, 0.15) is 26.4 Å². The van der Waals surface area contributed by atoms with Gasteiger partial charge in [-0.2, -0.15) is 5.10 Å². The van der Waals surface area contributed by atoms with E-state index in [0.717, 1.165) is 11.6 Å². The molecule has 0 aliphatic carbocycles. The molecule has 4 aromatic rings. The summed E-state index contributed by atoms with van der Waals surface area (Å²) in [6, 6.07) is 14.7. The fraction of sp³-hybridized carbons (Fsp3) is 0.130. The molecule has 0 unspecified atom stereocenters. The molecule has 2 aromatic carbocycles. The molecular weight excluding hydrogens is 399 g/mol. The van der Waals surface area contributed by atoms with Gasteiger partial charge in [-0.1, -0.05) is 30.3 Å². The summed E-state index contributed by atoms with van der Waals surface area (Å²) in [5.74, 6) is -1.84. The van der Waals surface area contributed by atoms with E-state index in [1.807, 2.05) is 30.3 Å². The average Bonchev–Trinajstić information content (AvgIpc) is 3.08. The summed E-state index contributed by atoms with van der Waals surface area (Å²) in [4.78, 5) is 29.7. The molecule has 0 saturated carbocycles. The van der Waals surface area contributed by atoms with Crippen molar-refractivity contribution in [2.75, 3.05) is 12.4 Å². The van der Waals surface area contributed by atoms with Crippen molar-refractivity contribution in [1.29, 1.82) is 0 Å². The predicted octanol–water partition coefficient (Wildman–Crippen LogP) is 4.12. The molecule has 31 heavy (non-hydrogen) atoms. The van der Waals surface area contributed by atoms with Gasteiger partial charge in [0.2, 0.25) is 0 Å². The summed E-state index contributed by atoms with van der Waals surface area (Å²) in [7, 11) is 2.98. The first-order chi connectivity index (χ1) is 14.9. The van der Waals surface area contributed by atoms with Crippen LogP contribution in [0.2, 0.25) is 0 Å². The van der Waals surface area contributed by atoms with Crippen molar-refractivity contribution >= 4 is 28.6 Å². The van der Waals surface area contributed by atoms with Gasteiger partial charge >= 0.3 is 5.97 Å². The maximum absolute atomic E-state index is 14.4. The van der Waals surface area contributed by atoms with E-state index in [1.54, 1.807) is 24.7 Å². The molecule has 1 N–H and O–H groups in total. The number of methoxy groups -OCH3 is 1. The highest BCUT2D eigenvalue weighted by molar-refractivity contribution is 6.13. The largest absolute Gasteiger partial charge is 0.465 e. The molecule has 2 aromatic heterocycles. The van der Waals surface area contributed by atoms with E-state index in [-0.39, 0.29) is 11.3 Å². The van der Waals surface area contributed by atoms with Crippen molar-refractivity contribution < 1.29 is 18.7 Å².